The van der Waals surface area contributed by atoms with E-state index in [1.807, 2.05) is 0 Å². The molecule has 0 radical (unpaired) electrons. The van der Waals surface area contributed by atoms with Gasteiger partial charge in [0.05, 0.1) is 28.7 Å². The number of sulfonamides is 1. The maximum Gasteiger partial charge on any atom is 0.417 e. The number of hydrogen-bond donors (Lipinski definition) is 0. The molecule has 0 bridgehead atoms. The Kier molecular flexibility index (Phi) is 4.98. The zero-order chi connectivity index (χ0) is 17.3. The highest BCUT2D eigenvalue weighted by molar-refractivity contribution is 7.89. The summed E-state index contributed by atoms with van der Waals surface area (Å²) in [5.41, 5.74) is -1.86. The average Bonchev–Trinajstić information content (AvgIpc) is 2.98. The summed E-state index contributed by atoms with van der Waals surface area (Å²) in [5, 5.41) is 8.75. The Bertz CT molecular complexity index is 720. The van der Waals surface area contributed by atoms with Crippen LogP contribution >= 0.6 is 0 Å². The molecule has 1 fully saturated rings. The number of ether oxygens (including phenoxy) is 1. The first-order valence-electron chi connectivity index (χ1n) is 6.81. The van der Waals surface area contributed by atoms with E-state index in [2.05, 4.69) is 0 Å². The molecule has 1 aliphatic rings. The summed E-state index contributed by atoms with van der Waals surface area (Å²) < 4.78 is 69.9. The lowest BCUT2D eigenvalue weighted by Gasteiger charge is -2.21. The Morgan fingerprint density at radius 1 is 1.43 bits per heavy atom. The summed E-state index contributed by atoms with van der Waals surface area (Å²) in [6, 6.07) is 3.83. The number of nitriles is 1. The molecule has 0 aliphatic carbocycles. The summed E-state index contributed by atoms with van der Waals surface area (Å²) in [5.74, 6) is 0.0234. The Morgan fingerprint density at radius 3 is 2.65 bits per heavy atom. The minimum atomic E-state index is -4.80. The fourth-order valence-electron chi connectivity index (χ4n) is 2.38. The SMILES string of the molecule is CN(CC1CCOC1)S(=O)(=O)c1ccc(C#N)c(C(F)(F)F)c1. The molecule has 1 aromatic carbocycles. The molecule has 0 spiro atoms. The van der Waals surface area contributed by atoms with Crippen molar-refractivity contribution in [3.63, 3.8) is 0 Å². The quantitative estimate of drug-likeness (QED) is 0.837. The number of benzene rings is 1. The largest absolute Gasteiger partial charge is 0.417 e. The first-order chi connectivity index (χ1) is 10.7. The second-order valence-corrected chi connectivity index (χ2v) is 7.38. The lowest BCUT2D eigenvalue weighted by atomic mass is 10.1. The third kappa shape index (κ3) is 3.83. The lowest BCUT2D eigenvalue weighted by molar-refractivity contribution is -0.137. The van der Waals surface area contributed by atoms with E-state index in [9.17, 15) is 21.6 Å². The molecule has 2 rings (SSSR count). The third-order valence-corrected chi connectivity index (χ3v) is 5.48. The van der Waals surface area contributed by atoms with Crippen molar-refractivity contribution in [1.29, 1.82) is 5.26 Å². The highest BCUT2D eigenvalue weighted by Gasteiger charge is 2.36. The van der Waals surface area contributed by atoms with Crippen LogP contribution in [0.4, 0.5) is 13.2 Å². The van der Waals surface area contributed by atoms with E-state index >= 15 is 0 Å². The van der Waals surface area contributed by atoms with E-state index in [-0.39, 0.29) is 12.5 Å². The molecule has 1 aromatic rings. The molecule has 0 aromatic heterocycles. The van der Waals surface area contributed by atoms with Crippen molar-refractivity contribution in [3.8, 4) is 6.07 Å². The van der Waals surface area contributed by atoms with Crippen molar-refractivity contribution in [2.24, 2.45) is 5.92 Å². The van der Waals surface area contributed by atoms with Gasteiger partial charge in [0.2, 0.25) is 10.0 Å². The van der Waals surface area contributed by atoms with Gasteiger partial charge < -0.3 is 4.74 Å². The number of halogens is 3. The fraction of sp³-hybridized carbons (Fsp3) is 0.500. The molecule has 1 heterocycles. The summed E-state index contributed by atoms with van der Waals surface area (Å²) in [7, 11) is -2.75. The molecule has 126 valence electrons. The van der Waals surface area contributed by atoms with E-state index in [4.69, 9.17) is 10.00 Å². The Balaban J connectivity index is 2.34. The van der Waals surface area contributed by atoms with Gasteiger partial charge in [-0.05, 0) is 30.5 Å². The molecule has 23 heavy (non-hydrogen) atoms. The van der Waals surface area contributed by atoms with Crippen LogP contribution in [0.2, 0.25) is 0 Å². The summed E-state index contributed by atoms with van der Waals surface area (Å²) >= 11 is 0. The molecule has 1 atom stereocenters. The molecular formula is C14H15F3N2O3S. The lowest BCUT2D eigenvalue weighted by Crippen LogP contribution is -2.32. The molecule has 0 amide bonds. The highest BCUT2D eigenvalue weighted by atomic mass is 32.2. The van der Waals surface area contributed by atoms with Crippen molar-refractivity contribution < 1.29 is 26.3 Å². The standard InChI is InChI=1S/C14H15F3N2O3S/c1-19(8-10-4-5-22-9-10)23(20,21)12-3-2-11(7-18)13(6-12)14(15,16)17/h2-3,6,10H,4-5,8-9H2,1H3. The van der Waals surface area contributed by atoms with Gasteiger partial charge in [-0.1, -0.05) is 0 Å². The van der Waals surface area contributed by atoms with Crippen molar-refractivity contribution in [1.82, 2.24) is 4.31 Å². The Morgan fingerprint density at radius 2 is 2.13 bits per heavy atom. The molecule has 1 unspecified atom stereocenters. The molecule has 1 saturated heterocycles. The van der Waals surface area contributed by atoms with Gasteiger partial charge in [0, 0.05) is 20.2 Å². The number of rotatable bonds is 4. The van der Waals surface area contributed by atoms with Gasteiger partial charge in [0.25, 0.3) is 0 Å². The van der Waals surface area contributed by atoms with Crippen LogP contribution in [-0.4, -0.2) is 39.5 Å². The predicted octanol–water partition coefficient (Wildman–Crippen LogP) is 2.23. The van der Waals surface area contributed by atoms with Crippen LogP contribution in [0.25, 0.3) is 0 Å². The van der Waals surface area contributed by atoms with Crippen molar-refractivity contribution in [2.45, 2.75) is 17.5 Å². The van der Waals surface area contributed by atoms with E-state index in [0.29, 0.717) is 25.7 Å². The zero-order valence-corrected chi connectivity index (χ0v) is 13.1. The summed E-state index contributed by atoms with van der Waals surface area (Å²) in [6.45, 7) is 1.15. The summed E-state index contributed by atoms with van der Waals surface area (Å²) in [6.07, 6.45) is -4.09. The first-order valence-corrected chi connectivity index (χ1v) is 8.25. The molecule has 5 nitrogen and oxygen atoms in total. The second-order valence-electron chi connectivity index (χ2n) is 5.33. The number of hydrogen-bond acceptors (Lipinski definition) is 4. The normalized spacial score (nSPS) is 19.0. The average molecular weight is 348 g/mol. The highest BCUT2D eigenvalue weighted by Crippen LogP contribution is 2.34. The van der Waals surface area contributed by atoms with Crippen LogP contribution in [0.5, 0.6) is 0 Å². The van der Waals surface area contributed by atoms with E-state index in [1.54, 1.807) is 0 Å². The van der Waals surface area contributed by atoms with E-state index in [0.717, 1.165) is 16.4 Å². The minimum absolute atomic E-state index is 0.0234. The van der Waals surface area contributed by atoms with Gasteiger partial charge in [-0.3, -0.25) is 0 Å². The van der Waals surface area contributed by atoms with Crippen LogP contribution in [0.1, 0.15) is 17.5 Å². The molecule has 1 aliphatic heterocycles. The smallest absolute Gasteiger partial charge is 0.381 e. The third-order valence-electron chi connectivity index (χ3n) is 3.66. The monoisotopic (exact) mass is 348 g/mol. The van der Waals surface area contributed by atoms with E-state index < -0.39 is 32.2 Å². The summed E-state index contributed by atoms with van der Waals surface area (Å²) in [4.78, 5) is -0.481. The van der Waals surface area contributed by atoms with Gasteiger partial charge in [0.1, 0.15) is 0 Å². The van der Waals surface area contributed by atoms with Crippen LogP contribution < -0.4 is 0 Å². The maximum atomic E-state index is 13.0. The topological polar surface area (TPSA) is 70.4 Å². The molecule has 0 saturated carbocycles. The predicted molar refractivity (Wildman–Crippen MR) is 74.9 cm³/mol. The minimum Gasteiger partial charge on any atom is -0.381 e. The van der Waals surface area contributed by atoms with Crippen LogP contribution in [0.15, 0.2) is 23.1 Å². The van der Waals surface area contributed by atoms with Crippen LogP contribution in [-0.2, 0) is 20.9 Å². The van der Waals surface area contributed by atoms with Crippen molar-refractivity contribution in [3.05, 3.63) is 29.3 Å². The van der Waals surface area contributed by atoms with Gasteiger partial charge in [-0.2, -0.15) is 18.4 Å². The van der Waals surface area contributed by atoms with Gasteiger partial charge in [-0.15, -0.1) is 0 Å². The van der Waals surface area contributed by atoms with Crippen molar-refractivity contribution >= 4 is 10.0 Å². The van der Waals surface area contributed by atoms with Gasteiger partial charge in [-0.25, -0.2) is 12.7 Å². The Labute approximate surface area is 132 Å². The van der Waals surface area contributed by atoms with Crippen LogP contribution in [0, 0.1) is 17.2 Å². The van der Waals surface area contributed by atoms with Crippen LogP contribution in [0.3, 0.4) is 0 Å². The second kappa shape index (κ2) is 6.47. The molecule has 0 N–H and O–H groups in total. The Hall–Kier alpha value is -1.63. The molecular weight excluding hydrogens is 333 g/mol. The van der Waals surface area contributed by atoms with Gasteiger partial charge in [0.15, 0.2) is 0 Å². The van der Waals surface area contributed by atoms with E-state index in [1.165, 1.54) is 13.1 Å². The van der Waals surface area contributed by atoms with Gasteiger partial charge >= 0.3 is 6.18 Å². The number of alkyl halides is 3. The fourth-order valence-corrected chi connectivity index (χ4v) is 3.66. The van der Waals surface area contributed by atoms with Crippen molar-refractivity contribution in [2.75, 3.05) is 26.8 Å². The number of nitrogens with zero attached hydrogens (tertiary/aromatic N) is 2. The zero-order valence-electron chi connectivity index (χ0n) is 12.3. The molecule has 9 heteroatoms. The first kappa shape index (κ1) is 17.7. The maximum absolute atomic E-state index is 13.0.